The number of carboxylic acid groups (broad SMARTS) is 1. The van der Waals surface area contributed by atoms with E-state index in [2.05, 4.69) is 9.88 Å². The van der Waals surface area contributed by atoms with Crippen molar-refractivity contribution in [3.8, 4) is 11.3 Å². The number of nitrogens with zero attached hydrogens (tertiary/aromatic N) is 2. The molecule has 1 aliphatic rings. The molecule has 3 rings (SSSR count). The van der Waals surface area contributed by atoms with Gasteiger partial charge < -0.3 is 14.4 Å². The van der Waals surface area contributed by atoms with E-state index in [0.29, 0.717) is 28.9 Å². The predicted molar refractivity (Wildman–Crippen MR) is 84.4 cm³/mol. The fourth-order valence-electron chi connectivity index (χ4n) is 2.61. The Hall–Kier alpha value is -2.01. The summed E-state index contributed by atoms with van der Waals surface area (Å²) in [5.41, 5.74) is 1.60. The summed E-state index contributed by atoms with van der Waals surface area (Å²) >= 11 is 5.92. The zero-order valence-corrected chi connectivity index (χ0v) is 12.8. The van der Waals surface area contributed by atoms with Crippen molar-refractivity contribution in [3.05, 3.63) is 35.0 Å². The Balaban J connectivity index is 1.93. The van der Waals surface area contributed by atoms with E-state index in [0.717, 1.165) is 31.5 Å². The molecule has 0 saturated carbocycles. The molecule has 116 valence electrons. The molecule has 1 aromatic heterocycles. The SMILES string of the molecule is O=C(O)CCc1oc(N2CCCC2)nc1-c1ccc(Cl)cc1. The van der Waals surface area contributed by atoms with Crippen molar-refractivity contribution in [1.29, 1.82) is 0 Å². The molecule has 0 aliphatic carbocycles. The highest BCUT2D eigenvalue weighted by atomic mass is 35.5. The topological polar surface area (TPSA) is 66.6 Å². The molecular weight excluding hydrogens is 304 g/mol. The molecule has 5 nitrogen and oxygen atoms in total. The quantitative estimate of drug-likeness (QED) is 0.911. The molecule has 0 spiro atoms. The normalized spacial score (nSPS) is 14.5. The van der Waals surface area contributed by atoms with Crippen molar-refractivity contribution < 1.29 is 14.3 Å². The van der Waals surface area contributed by atoms with Crippen LogP contribution in [-0.4, -0.2) is 29.1 Å². The van der Waals surface area contributed by atoms with E-state index >= 15 is 0 Å². The number of carbonyl (C=O) groups is 1. The molecule has 0 amide bonds. The number of aryl methyl sites for hydroxylation is 1. The second-order valence-corrected chi connectivity index (χ2v) is 5.80. The lowest BCUT2D eigenvalue weighted by atomic mass is 10.1. The molecule has 0 bridgehead atoms. The van der Waals surface area contributed by atoms with Crippen LogP contribution in [0.5, 0.6) is 0 Å². The van der Waals surface area contributed by atoms with E-state index < -0.39 is 5.97 Å². The number of carboxylic acids is 1. The van der Waals surface area contributed by atoms with E-state index in [4.69, 9.17) is 21.1 Å². The molecule has 1 N–H and O–H groups in total. The van der Waals surface area contributed by atoms with E-state index in [1.165, 1.54) is 0 Å². The molecule has 0 atom stereocenters. The average Bonchev–Trinajstić information content (AvgIpc) is 3.15. The van der Waals surface area contributed by atoms with Gasteiger partial charge in [0.05, 0.1) is 6.42 Å². The highest BCUT2D eigenvalue weighted by Crippen LogP contribution is 2.31. The number of aromatic nitrogens is 1. The second-order valence-electron chi connectivity index (χ2n) is 5.36. The second kappa shape index (κ2) is 6.40. The third kappa shape index (κ3) is 3.25. The minimum Gasteiger partial charge on any atom is -0.481 e. The minimum absolute atomic E-state index is 0.0230. The Morgan fingerprint density at radius 2 is 1.95 bits per heavy atom. The molecule has 0 radical (unpaired) electrons. The average molecular weight is 321 g/mol. The van der Waals surface area contributed by atoms with Gasteiger partial charge in [-0.25, -0.2) is 0 Å². The van der Waals surface area contributed by atoms with Crippen LogP contribution in [0.3, 0.4) is 0 Å². The van der Waals surface area contributed by atoms with Gasteiger partial charge in [-0.15, -0.1) is 0 Å². The minimum atomic E-state index is -0.846. The summed E-state index contributed by atoms with van der Waals surface area (Å²) < 4.78 is 5.85. The van der Waals surface area contributed by atoms with Crippen molar-refractivity contribution in [3.63, 3.8) is 0 Å². The third-order valence-electron chi connectivity index (χ3n) is 3.75. The van der Waals surface area contributed by atoms with Gasteiger partial charge in [-0.2, -0.15) is 4.98 Å². The van der Waals surface area contributed by atoms with Gasteiger partial charge in [-0.3, -0.25) is 4.79 Å². The number of anilines is 1. The van der Waals surface area contributed by atoms with Gasteiger partial charge in [-0.05, 0) is 25.0 Å². The highest BCUT2D eigenvalue weighted by Gasteiger charge is 2.22. The Labute approximate surface area is 133 Å². The lowest BCUT2D eigenvalue weighted by Gasteiger charge is -2.10. The summed E-state index contributed by atoms with van der Waals surface area (Å²) in [5.74, 6) is -0.229. The number of hydrogen-bond acceptors (Lipinski definition) is 4. The van der Waals surface area contributed by atoms with Crippen LogP contribution in [-0.2, 0) is 11.2 Å². The van der Waals surface area contributed by atoms with Gasteiger partial charge in [0.25, 0.3) is 6.01 Å². The lowest BCUT2D eigenvalue weighted by Crippen LogP contribution is -2.17. The summed E-state index contributed by atoms with van der Waals surface area (Å²) in [6.45, 7) is 1.86. The number of oxazole rings is 1. The first-order valence-electron chi connectivity index (χ1n) is 7.36. The Morgan fingerprint density at radius 1 is 1.27 bits per heavy atom. The molecule has 1 fully saturated rings. The molecule has 2 aromatic rings. The maximum absolute atomic E-state index is 10.8. The monoisotopic (exact) mass is 320 g/mol. The summed E-state index contributed by atoms with van der Waals surface area (Å²) in [5, 5.41) is 9.55. The number of benzene rings is 1. The maximum Gasteiger partial charge on any atom is 0.303 e. The molecule has 22 heavy (non-hydrogen) atoms. The van der Waals surface area contributed by atoms with Gasteiger partial charge in [-0.1, -0.05) is 23.7 Å². The van der Waals surface area contributed by atoms with Gasteiger partial charge >= 0.3 is 5.97 Å². The smallest absolute Gasteiger partial charge is 0.303 e. The molecule has 1 aliphatic heterocycles. The first-order valence-corrected chi connectivity index (χ1v) is 7.73. The zero-order chi connectivity index (χ0) is 15.5. The van der Waals surface area contributed by atoms with Gasteiger partial charge in [0.15, 0.2) is 0 Å². The standard InChI is InChI=1S/C16H17ClN2O3/c17-12-5-3-11(4-6-12)15-13(7-8-14(20)21)22-16(18-15)19-9-1-2-10-19/h3-6H,1-2,7-10H2,(H,20,21). The van der Waals surface area contributed by atoms with Crippen LogP contribution in [0, 0.1) is 0 Å². The summed E-state index contributed by atoms with van der Waals surface area (Å²) in [6.07, 6.45) is 2.61. The van der Waals surface area contributed by atoms with Crippen LogP contribution in [0.25, 0.3) is 11.3 Å². The molecule has 0 unspecified atom stereocenters. The van der Waals surface area contributed by atoms with Crippen LogP contribution in [0.4, 0.5) is 6.01 Å². The van der Waals surface area contributed by atoms with Crippen LogP contribution in [0.2, 0.25) is 5.02 Å². The van der Waals surface area contributed by atoms with E-state index in [9.17, 15) is 4.79 Å². The summed E-state index contributed by atoms with van der Waals surface area (Å²) in [6, 6.07) is 7.92. The molecule has 1 saturated heterocycles. The fourth-order valence-corrected chi connectivity index (χ4v) is 2.73. The predicted octanol–water partition coefficient (Wildman–Crippen LogP) is 3.61. The summed E-state index contributed by atoms with van der Waals surface area (Å²) in [4.78, 5) is 17.5. The van der Waals surface area contributed by atoms with Crippen LogP contribution >= 0.6 is 11.6 Å². The van der Waals surface area contributed by atoms with Gasteiger partial charge in [0.2, 0.25) is 0 Å². The Morgan fingerprint density at radius 3 is 2.59 bits per heavy atom. The van der Waals surface area contributed by atoms with Crippen molar-refractivity contribution in [1.82, 2.24) is 4.98 Å². The molecule has 6 heteroatoms. The van der Waals surface area contributed by atoms with Crippen molar-refractivity contribution in [2.24, 2.45) is 0 Å². The molecular formula is C16H17ClN2O3. The van der Waals surface area contributed by atoms with Crippen LogP contribution < -0.4 is 4.90 Å². The maximum atomic E-state index is 10.8. The zero-order valence-electron chi connectivity index (χ0n) is 12.1. The van der Waals surface area contributed by atoms with Crippen molar-refractivity contribution in [2.75, 3.05) is 18.0 Å². The largest absolute Gasteiger partial charge is 0.481 e. The van der Waals surface area contributed by atoms with E-state index in [1.807, 2.05) is 12.1 Å². The summed E-state index contributed by atoms with van der Waals surface area (Å²) in [7, 11) is 0. The first-order chi connectivity index (χ1) is 10.6. The first kappa shape index (κ1) is 14.9. The van der Waals surface area contributed by atoms with Crippen molar-refractivity contribution in [2.45, 2.75) is 25.7 Å². The number of hydrogen-bond donors (Lipinski definition) is 1. The Bertz CT molecular complexity index is 661. The number of rotatable bonds is 5. The van der Waals surface area contributed by atoms with Crippen LogP contribution in [0.15, 0.2) is 28.7 Å². The lowest BCUT2D eigenvalue weighted by molar-refractivity contribution is -0.137. The van der Waals surface area contributed by atoms with Gasteiger partial charge in [0, 0.05) is 30.1 Å². The molecule has 1 aromatic carbocycles. The Kier molecular flexibility index (Phi) is 4.34. The van der Waals surface area contributed by atoms with E-state index in [1.54, 1.807) is 12.1 Å². The third-order valence-corrected chi connectivity index (χ3v) is 4.00. The van der Waals surface area contributed by atoms with E-state index in [-0.39, 0.29) is 6.42 Å². The molecule has 2 heterocycles. The van der Waals surface area contributed by atoms with Crippen LogP contribution in [0.1, 0.15) is 25.0 Å². The number of halogens is 1. The number of aliphatic carboxylic acids is 1. The highest BCUT2D eigenvalue weighted by molar-refractivity contribution is 6.30. The van der Waals surface area contributed by atoms with Crippen molar-refractivity contribution >= 4 is 23.6 Å². The fraction of sp³-hybridized carbons (Fsp3) is 0.375. The van der Waals surface area contributed by atoms with Gasteiger partial charge in [0.1, 0.15) is 11.5 Å².